The molecule has 1 spiro atoms. The zero-order chi connectivity index (χ0) is 22.6. The van der Waals surface area contributed by atoms with Crippen molar-refractivity contribution in [3.63, 3.8) is 0 Å². The summed E-state index contributed by atoms with van der Waals surface area (Å²) in [6.07, 6.45) is 10.4. The molecule has 0 aromatic carbocycles. The summed E-state index contributed by atoms with van der Waals surface area (Å²) >= 11 is 1.53. The van der Waals surface area contributed by atoms with Gasteiger partial charge < -0.3 is 9.84 Å². The first-order valence-electron chi connectivity index (χ1n) is 12.1. The van der Waals surface area contributed by atoms with E-state index in [9.17, 15) is 4.79 Å². The molecule has 2 aliphatic carbocycles. The number of hydrogen-bond donors (Lipinski definition) is 1. The minimum absolute atomic E-state index is 0.129. The van der Waals surface area contributed by atoms with Crippen LogP contribution in [0.4, 0.5) is 0 Å². The molecule has 3 aromatic heterocycles. The molecule has 1 saturated heterocycles. The summed E-state index contributed by atoms with van der Waals surface area (Å²) in [6.45, 7) is 3.19. The molecule has 0 bridgehead atoms. The van der Waals surface area contributed by atoms with Crippen molar-refractivity contribution in [3.8, 4) is 11.5 Å². The zero-order valence-electron chi connectivity index (χ0n) is 19.1. The van der Waals surface area contributed by atoms with Crippen molar-refractivity contribution in [2.45, 2.75) is 87.2 Å². The van der Waals surface area contributed by atoms with Crippen LogP contribution in [-0.2, 0) is 16.6 Å². The standard InChI is InChI=1S/C23H29N7O2S/c1-13(15-8-6-12-24-15)30-21-18(27-29-30)22(33-2)26-20(25-21)17-14-7-5-11-23(19(14)32-28-17)10-4-3-9-16(23)31/h13,15,24H,3-12H2,1-2H3/t13?,15-,23+/m0/s1. The average molecular weight is 468 g/mol. The first-order valence-corrected chi connectivity index (χ1v) is 13.3. The first kappa shape index (κ1) is 21.2. The fourth-order valence-corrected chi connectivity index (χ4v) is 6.49. The first-order chi connectivity index (χ1) is 16.1. The van der Waals surface area contributed by atoms with Crippen LogP contribution in [0.3, 0.4) is 0 Å². The molecule has 4 heterocycles. The van der Waals surface area contributed by atoms with Gasteiger partial charge in [-0.3, -0.25) is 4.79 Å². The molecule has 1 unspecified atom stereocenters. The second-order valence-corrected chi connectivity index (χ2v) is 10.4. The highest BCUT2D eigenvalue weighted by Gasteiger charge is 2.48. The Bertz CT molecular complexity index is 1220. The fourth-order valence-electron chi connectivity index (χ4n) is 5.99. The summed E-state index contributed by atoms with van der Waals surface area (Å²) in [7, 11) is 0. The lowest BCUT2D eigenvalue weighted by molar-refractivity contribution is -0.128. The molecule has 3 aromatic rings. The smallest absolute Gasteiger partial charge is 0.185 e. The molecule has 6 rings (SSSR count). The number of ketones is 1. The van der Waals surface area contributed by atoms with E-state index in [2.05, 4.69) is 27.7 Å². The van der Waals surface area contributed by atoms with Crippen molar-refractivity contribution in [3.05, 3.63) is 11.3 Å². The number of hydrogen-bond acceptors (Lipinski definition) is 9. The van der Waals surface area contributed by atoms with Gasteiger partial charge >= 0.3 is 0 Å². The van der Waals surface area contributed by atoms with Crippen LogP contribution >= 0.6 is 11.8 Å². The van der Waals surface area contributed by atoms with Crippen LogP contribution in [0.15, 0.2) is 9.55 Å². The van der Waals surface area contributed by atoms with Crippen molar-refractivity contribution in [1.29, 1.82) is 0 Å². The predicted octanol–water partition coefficient (Wildman–Crippen LogP) is 3.63. The van der Waals surface area contributed by atoms with Gasteiger partial charge in [0.25, 0.3) is 0 Å². The van der Waals surface area contributed by atoms with Crippen LogP contribution < -0.4 is 5.32 Å². The topological polar surface area (TPSA) is 112 Å². The SMILES string of the molecule is CSc1nc(-c2noc3c2CCC[C@@]32CCCCC2=O)nc2c1nnn2C(C)[C@@H]1CCCN1. The van der Waals surface area contributed by atoms with Gasteiger partial charge in [-0.05, 0) is 64.7 Å². The van der Waals surface area contributed by atoms with Crippen molar-refractivity contribution < 1.29 is 9.32 Å². The van der Waals surface area contributed by atoms with Crippen LogP contribution in [-0.4, -0.2) is 54.7 Å². The predicted molar refractivity (Wildman–Crippen MR) is 124 cm³/mol. The highest BCUT2D eigenvalue weighted by atomic mass is 32.2. The van der Waals surface area contributed by atoms with Gasteiger partial charge in [0.1, 0.15) is 10.8 Å². The lowest BCUT2D eigenvalue weighted by Crippen LogP contribution is -2.41. The largest absolute Gasteiger partial charge is 0.359 e. The van der Waals surface area contributed by atoms with Gasteiger partial charge in [-0.15, -0.1) is 16.9 Å². The van der Waals surface area contributed by atoms with Gasteiger partial charge in [-0.2, -0.15) is 0 Å². The molecule has 3 atom stereocenters. The van der Waals surface area contributed by atoms with E-state index in [1.54, 1.807) is 0 Å². The van der Waals surface area contributed by atoms with Crippen molar-refractivity contribution >= 4 is 28.7 Å². The molecule has 10 heteroatoms. The lowest BCUT2D eigenvalue weighted by atomic mass is 9.64. The number of thioether (sulfide) groups is 1. The number of fused-ring (bicyclic) bond motifs is 3. The maximum atomic E-state index is 13.0. The van der Waals surface area contributed by atoms with Gasteiger partial charge in [-0.1, -0.05) is 16.8 Å². The summed E-state index contributed by atoms with van der Waals surface area (Å²) in [5, 5.41) is 17.7. The third-order valence-electron chi connectivity index (χ3n) is 7.81. The van der Waals surface area contributed by atoms with Gasteiger partial charge in [-0.25, -0.2) is 14.6 Å². The molecule has 1 N–H and O–H groups in total. The molecule has 9 nitrogen and oxygen atoms in total. The maximum Gasteiger partial charge on any atom is 0.185 e. The third-order valence-corrected chi connectivity index (χ3v) is 8.48. The van der Waals surface area contributed by atoms with Gasteiger partial charge in [0.15, 0.2) is 28.4 Å². The Labute approximate surface area is 196 Å². The van der Waals surface area contributed by atoms with E-state index in [-0.39, 0.29) is 6.04 Å². The summed E-state index contributed by atoms with van der Waals surface area (Å²) in [4.78, 5) is 22.7. The number of nitrogens with one attached hydrogen (secondary N) is 1. The molecule has 2 fully saturated rings. The minimum atomic E-state index is -0.504. The number of Topliss-reactive ketones (excluding diaryl/α,β-unsaturated/α-hetero) is 1. The normalized spacial score (nSPS) is 26.2. The van der Waals surface area contributed by atoms with E-state index in [0.29, 0.717) is 35.3 Å². The molecule has 33 heavy (non-hydrogen) atoms. The van der Waals surface area contributed by atoms with Crippen molar-refractivity contribution in [2.24, 2.45) is 0 Å². The molecular weight excluding hydrogens is 438 g/mol. The molecule has 3 aliphatic rings. The van der Waals surface area contributed by atoms with E-state index in [1.165, 1.54) is 18.2 Å². The number of rotatable bonds is 4. The van der Waals surface area contributed by atoms with Gasteiger partial charge in [0.2, 0.25) is 0 Å². The van der Waals surface area contributed by atoms with Gasteiger partial charge in [0, 0.05) is 18.0 Å². The highest BCUT2D eigenvalue weighted by Crippen LogP contribution is 2.47. The number of carbonyl (C=O) groups is 1. The van der Waals surface area contributed by atoms with Crippen LogP contribution in [0.25, 0.3) is 22.7 Å². The summed E-state index contributed by atoms with van der Waals surface area (Å²) in [5.41, 5.74) is 2.61. The van der Waals surface area contributed by atoms with E-state index in [0.717, 1.165) is 73.5 Å². The minimum Gasteiger partial charge on any atom is -0.359 e. The second-order valence-electron chi connectivity index (χ2n) is 9.61. The molecule has 174 valence electrons. The molecule has 1 aliphatic heterocycles. The highest BCUT2D eigenvalue weighted by molar-refractivity contribution is 7.98. The molecular formula is C23H29N7O2S. The number of aromatic nitrogens is 6. The maximum absolute atomic E-state index is 13.0. The number of nitrogens with zero attached hydrogens (tertiary/aromatic N) is 6. The van der Waals surface area contributed by atoms with Crippen LogP contribution in [0.1, 0.15) is 75.7 Å². The van der Waals surface area contributed by atoms with Crippen molar-refractivity contribution in [1.82, 2.24) is 35.4 Å². The molecule has 0 amide bonds. The summed E-state index contributed by atoms with van der Waals surface area (Å²) < 4.78 is 7.84. The van der Waals surface area contributed by atoms with E-state index in [1.807, 2.05) is 10.9 Å². The quantitative estimate of drug-likeness (QED) is 0.454. The van der Waals surface area contributed by atoms with E-state index >= 15 is 0 Å². The average Bonchev–Trinajstić information content (AvgIpc) is 3.59. The summed E-state index contributed by atoms with van der Waals surface area (Å²) in [6, 6.07) is 0.479. The monoisotopic (exact) mass is 467 g/mol. The van der Waals surface area contributed by atoms with Crippen LogP contribution in [0.5, 0.6) is 0 Å². The Morgan fingerprint density at radius 3 is 2.85 bits per heavy atom. The fraction of sp³-hybridized carbons (Fsp3) is 0.652. The zero-order valence-corrected chi connectivity index (χ0v) is 20.0. The Morgan fingerprint density at radius 1 is 1.18 bits per heavy atom. The summed E-state index contributed by atoms with van der Waals surface area (Å²) in [5.74, 6) is 1.60. The Morgan fingerprint density at radius 2 is 2.06 bits per heavy atom. The Kier molecular flexibility index (Phi) is 5.25. The Hall–Kier alpha value is -2.33. The van der Waals surface area contributed by atoms with E-state index in [4.69, 9.17) is 14.5 Å². The third kappa shape index (κ3) is 3.24. The van der Waals surface area contributed by atoms with Crippen molar-refractivity contribution in [2.75, 3.05) is 12.8 Å². The number of carbonyl (C=O) groups excluding carboxylic acids is 1. The van der Waals surface area contributed by atoms with Gasteiger partial charge in [0.05, 0.1) is 11.5 Å². The molecule has 0 radical (unpaired) electrons. The van der Waals surface area contributed by atoms with Crippen LogP contribution in [0.2, 0.25) is 0 Å². The second kappa shape index (κ2) is 8.16. The van der Waals surface area contributed by atoms with E-state index < -0.39 is 5.41 Å². The molecule has 1 saturated carbocycles. The lowest BCUT2D eigenvalue weighted by Gasteiger charge is -2.36. The Balaban J connectivity index is 1.47. The van der Waals surface area contributed by atoms with Crippen LogP contribution in [0, 0.1) is 0 Å².